The highest BCUT2D eigenvalue weighted by atomic mass is 35.5. The number of hydrogen-bond donors (Lipinski definition) is 2. The van der Waals surface area contributed by atoms with Gasteiger partial charge in [-0.3, -0.25) is 14.9 Å². The highest BCUT2D eigenvalue weighted by Crippen LogP contribution is 2.27. The summed E-state index contributed by atoms with van der Waals surface area (Å²) >= 11 is 11.7. The third-order valence-electron chi connectivity index (χ3n) is 3.11. The molecule has 7 nitrogen and oxygen atoms in total. The van der Waals surface area contributed by atoms with Crippen molar-refractivity contribution in [2.24, 2.45) is 0 Å². The molecular formula is C16H15Cl2N3O4. The molecule has 0 fully saturated rings. The molecule has 0 aliphatic rings. The molecule has 0 heterocycles. The molecule has 1 amide bonds. The van der Waals surface area contributed by atoms with Crippen LogP contribution in [-0.4, -0.2) is 30.5 Å². The zero-order chi connectivity index (χ0) is 18.2. The number of halogens is 2. The minimum absolute atomic E-state index is 0.0249. The Morgan fingerprint density at radius 2 is 1.84 bits per heavy atom. The third-order valence-corrected chi connectivity index (χ3v) is 3.64. The largest absolute Gasteiger partial charge is 0.482 e. The van der Waals surface area contributed by atoms with Crippen molar-refractivity contribution in [3.05, 3.63) is 62.6 Å². The van der Waals surface area contributed by atoms with Crippen molar-refractivity contribution in [2.45, 2.75) is 0 Å². The second-order valence-electron chi connectivity index (χ2n) is 4.94. The van der Waals surface area contributed by atoms with Crippen molar-refractivity contribution in [2.75, 3.05) is 25.0 Å². The molecule has 0 saturated carbocycles. The first kappa shape index (κ1) is 18.8. The number of amides is 1. The van der Waals surface area contributed by atoms with Crippen molar-refractivity contribution in [3.63, 3.8) is 0 Å². The maximum atomic E-state index is 11.7. The maximum absolute atomic E-state index is 11.7. The molecule has 2 rings (SSSR count). The number of carbonyl (C=O) groups excluding carboxylic acids is 1. The standard InChI is InChI=1S/C16H15Cl2N3O4/c17-11-1-6-15(14(18)9-11)25-10-16(22)20-8-7-19-12-2-4-13(5-3-12)21(23)24/h1-6,9,19H,7-8,10H2,(H,20,22). The lowest BCUT2D eigenvalue weighted by Gasteiger charge is -2.10. The molecule has 9 heteroatoms. The Kier molecular flexibility index (Phi) is 6.85. The summed E-state index contributed by atoms with van der Waals surface area (Å²) in [4.78, 5) is 21.8. The third kappa shape index (κ3) is 6.13. The SMILES string of the molecule is O=C(COc1ccc(Cl)cc1Cl)NCCNc1ccc([N+](=O)[O-])cc1. The Balaban J connectivity index is 1.67. The molecule has 132 valence electrons. The Hall–Kier alpha value is -2.51. The van der Waals surface area contributed by atoms with E-state index in [1.807, 2.05) is 0 Å². The molecule has 0 spiro atoms. The second-order valence-corrected chi connectivity index (χ2v) is 5.79. The van der Waals surface area contributed by atoms with Crippen molar-refractivity contribution in [1.29, 1.82) is 0 Å². The molecule has 0 bridgehead atoms. The molecule has 2 N–H and O–H groups in total. The number of carbonyl (C=O) groups is 1. The number of hydrogen-bond acceptors (Lipinski definition) is 5. The Labute approximate surface area is 154 Å². The van der Waals surface area contributed by atoms with Crippen molar-refractivity contribution in [1.82, 2.24) is 5.32 Å². The number of nitrogens with one attached hydrogen (secondary N) is 2. The summed E-state index contributed by atoms with van der Waals surface area (Å²) in [5.74, 6) is 0.0849. The fraction of sp³-hybridized carbons (Fsp3) is 0.188. The van der Waals surface area contributed by atoms with Gasteiger partial charge in [-0.25, -0.2) is 0 Å². The first-order chi connectivity index (χ1) is 12.0. The summed E-state index contributed by atoms with van der Waals surface area (Å²) in [6.07, 6.45) is 0. The molecule has 0 unspecified atom stereocenters. The van der Waals surface area contributed by atoms with Crippen LogP contribution in [0.4, 0.5) is 11.4 Å². The number of ether oxygens (including phenoxy) is 1. The van der Waals surface area contributed by atoms with E-state index in [1.54, 1.807) is 24.3 Å². The van der Waals surface area contributed by atoms with Gasteiger partial charge in [0.05, 0.1) is 9.95 Å². The number of non-ortho nitro benzene ring substituents is 1. The summed E-state index contributed by atoms with van der Waals surface area (Å²) in [7, 11) is 0. The van der Waals surface area contributed by atoms with Gasteiger partial charge in [0.25, 0.3) is 11.6 Å². The van der Waals surface area contributed by atoms with E-state index < -0.39 is 4.92 Å². The van der Waals surface area contributed by atoms with Gasteiger partial charge in [0.15, 0.2) is 6.61 Å². The number of nitro benzene ring substituents is 1. The lowest BCUT2D eigenvalue weighted by molar-refractivity contribution is -0.384. The monoisotopic (exact) mass is 383 g/mol. The van der Waals surface area contributed by atoms with Crippen LogP contribution in [0.5, 0.6) is 5.75 Å². The molecule has 0 saturated heterocycles. The van der Waals surface area contributed by atoms with Gasteiger partial charge in [-0.05, 0) is 30.3 Å². The molecule has 0 aliphatic heterocycles. The van der Waals surface area contributed by atoms with E-state index in [0.29, 0.717) is 28.9 Å². The molecule has 25 heavy (non-hydrogen) atoms. The smallest absolute Gasteiger partial charge is 0.269 e. The number of nitrogens with zero attached hydrogens (tertiary/aromatic N) is 1. The molecular weight excluding hydrogens is 369 g/mol. The van der Waals surface area contributed by atoms with Gasteiger partial charge in [0.2, 0.25) is 0 Å². The van der Waals surface area contributed by atoms with Crippen LogP contribution in [0.1, 0.15) is 0 Å². The average molecular weight is 384 g/mol. The summed E-state index contributed by atoms with van der Waals surface area (Å²) in [6.45, 7) is 0.664. The van der Waals surface area contributed by atoms with Crippen LogP contribution in [0.25, 0.3) is 0 Å². The van der Waals surface area contributed by atoms with E-state index in [-0.39, 0.29) is 18.2 Å². The lowest BCUT2D eigenvalue weighted by Crippen LogP contribution is -2.32. The first-order valence-corrected chi connectivity index (χ1v) is 8.04. The summed E-state index contributed by atoms with van der Waals surface area (Å²) in [5.41, 5.74) is 0.751. The van der Waals surface area contributed by atoms with Crippen molar-refractivity contribution in [3.8, 4) is 5.75 Å². The number of anilines is 1. The van der Waals surface area contributed by atoms with Gasteiger partial charge in [-0.2, -0.15) is 0 Å². The van der Waals surface area contributed by atoms with Gasteiger partial charge in [-0.15, -0.1) is 0 Å². The number of benzene rings is 2. The minimum Gasteiger partial charge on any atom is -0.482 e. The Morgan fingerprint density at radius 3 is 2.48 bits per heavy atom. The fourth-order valence-electron chi connectivity index (χ4n) is 1.90. The molecule has 0 atom stereocenters. The lowest BCUT2D eigenvalue weighted by atomic mass is 10.3. The van der Waals surface area contributed by atoms with E-state index in [9.17, 15) is 14.9 Å². The van der Waals surface area contributed by atoms with E-state index in [0.717, 1.165) is 5.69 Å². The van der Waals surface area contributed by atoms with E-state index in [1.165, 1.54) is 18.2 Å². The zero-order valence-electron chi connectivity index (χ0n) is 13.0. The van der Waals surface area contributed by atoms with Crippen LogP contribution in [0.15, 0.2) is 42.5 Å². The van der Waals surface area contributed by atoms with Crippen molar-refractivity contribution < 1.29 is 14.5 Å². The predicted octanol–water partition coefficient (Wildman–Crippen LogP) is 3.51. The van der Waals surface area contributed by atoms with Crippen LogP contribution in [0, 0.1) is 10.1 Å². The van der Waals surface area contributed by atoms with E-state index >= 15 is 0 Å². The van der Waals surface area contributed by atoms with Crippen LogP contribution in [0.2, 0.25) is 10.0 Å². The van der Waals surface area contributed by atoms with Crippen LogP contribution in [-0.2, 0) is 4.79 Å². The Bertz CT molecular complexity index is 754. The zero-order valence-corrected chi connectivity index (χ0v) is 14.5. The average Bonchev–Trinajstić information content (AvgIpc) is 2.58. The predicted molar refractivity (Wildman–Crippen MR) is 96.6 cm³/mol. The molecule has 0 radical (unpaired) electrons. The number of nitro groups is 1. The van der Waals surface area contributed by atoms with E-state index in [2.05, 4.69) is 10.6 Å². The Morgan fingerprint density at radius 1 is 1.12 bits per heavy atom. The van der Waals surface area contributed by atoms with Gasteiger partial charge in [0, 0.05) is 35.9 Å². The van der Waals surface area contributed by atoms with Crippen LogP contribution < -0.4 is 15.4 Å². The fourth-order valence-corrected chi connectivity index (χ4v) is 2.36. The van der Waals surface area contributed by atoms with E-state index in [4.69, 9.17) is 27.9 Å². The molecule has 0 aromatic heterocycles. The molecule has 2 aromatic carbocycles. The van der Waals surface area contributed by atoms with Crippen LogP contribution in [0.3, 0.4) is 0 Å². The van der Waals surface area contributed by atoms with Crippen LogP contribution >= 0.6 is 23.2 Å². The topological polar surface area (TPSA) is 93.5 Å². The minimum atomic E-state index is -0.461. The molecule has 2 aromatic rings. The normalized spacial score (nSPS) is 10.2. The molecule has 0 aliphatic carbocycles. The van der Waals surface area contributed by atoms with Gasteiger partial charge >= 0.3 is 0 Å². The number of rotatable bonds is 8. The first-order valence-electron chi connectivity index (χ1n) is 7.28. The summed E-state index contributed by atoms with van der Waals surface area (Å²) in [6, 6.07) is 10.8. The maximum Gasteiger partial charge on any atom is 0.269 e. The summed E-state index contributed by atoms with van der Waals surface area (Å²) < 4.78 is 5.32. The quantitative estimate of drug-likeness (QED) is 0.413. The van der Waals surface area contributed by atoms with Crippen molar-refractivity contribution >= 4 is 40.5 Å². The van der Waals surface area contributed by atoms with Gasteiger partial charge in [-0.1, -0.05) is 23.2 Å². The highest BCUT2D eigenvalue weighted by molar-refractivity contribution is 6.35. The van der Waals surface area contributed by atoms with Gasteiger partial charge < -0.3 is 15.4 Å². The highest BCUT2D eigenvalue weighted by Gasteiger charge is 2.06. The second kappa shape index (κ2) is 9.10. The summed E-state index contributed by atoms with van der Waals surface area (Å²) in [5, 5.41) is 17.1. The van der Waals surface area contributed by atoms with Gasteiger partial charge in [0.1, 0.15) is 5.75 Å².